The monoisotopic (exact) mass is 438 g/mol. The molecule has 0 saturated carbocycles. The van der Waals surface area contributed by atoms with Crippen LogP contribution >= 0.6 is 22.6 Å². The second-order valence-corrected chi connectivity index (χ2v) is 7.98. The number of unbranched alkanes of at least 4 members (excludes halogenated alkanes) is 12. The van der Waals surface area contributed by atoms with E-state index < -0.39 is 0 Å². The summed E-state index contributed by atoms with van der Waals surface area (Å²) < 4.78 is 12.7. The van der Waals surface area contributed by atoms with Crippen LogP contribution in [0.1, 0.15) is 96.8 Å². The van der Waals surface area contributed by atoms with Gasteiger partial charge < -0.3 is 9.47 Å². The van der Waals surface area contributed by atoms with Gasteiger partial charge in [-0.05, 0) is 6.42 Å². The lowest BCUT2D eigenvalue weighted by Crippen LogP contribution is -2.36. The van der Waals surface area contributed by atoms with Crippen LogP contribution in [0.4, 0.5) is 0 Å². The van der Waals surface area contributed by atoms with E-state index >= 15 is 0 Å². The lowest BCUT2D eigenvalue weighted by Gasteiger charge is -2.28. The number of alkyl halides is 1. The third kappa shape index (κ3) is 12.6. The Morgan fingerprint density at radius 3 is 1.52 bits per heavy atom. The van der Waals surface area contributed by atoms with Gasteiger partial charge in [0.1, 0.15) is 0 Å². The first-order chi connectivity index (χ1) is 11.4. The molecular weight excluding hydrogens is 399 g/mol. The SMILES string of the molecule is CCCCCCCCCCCCCCC[C@@H]1CO[C@@H](CI)CO1. The van der Waals surface area contributed by atoms with E-state index in [1.54, 1.807) is 0 Å². The van der Waals surface area contributed by atoms with Crippen LogP contribution in [-0.2, 0) is 9.47 Å². The van der Waals surface area contributed by atoms with Gasteiger partial charge in [-0.15, -0.1) is 0 Å². The Morgan fingerprint density at radius 2 is 1.09 bits per heavy atom. The summed E-state index contributed by atoms with van der Waals surface area (Å²) in [6.07, 6.45) is 20.3. The highest BCUT2D eigenvalue weighted by Crippen LogP contribution is 2.17. The maximum absolute atomic E-state index is 5.86. The summed E-state index contributed by atoms with van der Waals surface area (Å²) in [5.74, 6) is 0. The molecule has 3 heteroatoms. The van der Waals surface area contributed by atoms with E-state index in [9.17, 15) is 0 Å². The molecule has 1 rings (SSSR count). The molecule has 1 aliphatic rings. The van der Waals surface area contributed by atoms with E-state index in [-0.39, 0.29) is 0 Å². The minimum atomic E-state index is 0.332. The van der Waals surface area contributed by atoms with Crippen LogP contribution in [0.25, 0.3) is 0 Å². The molecule has 1 aliphatic heterocycles. The van der Waals surface area contributed by atoms with Crippen molar-refractivity contribution >= 4 is 22.6 Å². The fraction of sp³-hybridized carbons (Fsp3) is 1.00. The Labute approximate surface area is 158 Å². The Kier molecular flexibility index (Phi) is 15.2. The van der Waals surface area contributed by atoms with Gasteiger partial charge in [0.05, 0.1) is 25.4 Å². The lowest BCUT2D eigenvalue weighted by atomic mass is 10.0. The Balaban J connectivity index is 1.73. The van der Waals surface area contributed by atoms with Gasteiger partial charge in [0.2, 0.25) is 0 Å². The first kappa shape index (κ1) is 21.7. The summed E-state index contributed by atoms with van der Waals surface area (Å²) in [7, 11) is 0. The van der Waals surface area contributed by atoms with Crippen LogP contribution in [0.2, 0.25) is 0 Å². The third-order valence-corrected chi connectivity index (χ3v) is 5.82. The number of rotatable bonds is 15. The number of ether oxygens (including phenoxy) is 2. The summed E-state index contributed by atoms with van der Waals surface area (Å²) >= 11 is 2.37. The van der Waals surface area contributed by atoms with Crippen molar-refractivity contribution in [3.8, 4) is 0 Å². The molecule has 23 heavy (non-hydrogen) atoms. The number of hydrogen-bond donors (Lipinski definition) is 0. The van der Waals surface area contributed by atoms with Gasteiger partial charge >= 0.3 is 0 Å². The van der Waals surface area contributed by atoms with Crippen LogP contribution in [0, 0.1) is 0 Å². The van der Waals surface area contributed by atoms with Gasteiger partial charge in [-0.25, -0.2) is 0 Å². The van der Waals surface area contributed by atoms with E-state index in [1.165, 1.54) is 89.9 Å². The van der Waals surface area contributed by atoms with Crippen LogP contribution in [-0.4, -0.2) is 29.8 Å². The number of halogens is 1. The topological polar surface area (TPSA) is 18.5 Å². The molecule has 2 nitrogen and oxygen atoms in total. The summed E-state index contributed by atoms with van der Waals surface area (Å²) in [4.78, 5) is 0. The molecule has 1 saturated heterocycles. The zero-order chi connectivity index (χ0) is 16.6. The molecule has 0 spiro atoms. The summed E-state index contributed by atoms with van der Waals surface area (Å²) in [6, 6.07) is 0. The highest BCUT2D eigenvalue weighted by Gasteiger charge is 2.20. The fourth-order valence-electron chi connectivity index (χ4n) is 3.23. The molecular formula is C20H39IO2. The van der Waals surface area contributed by atoms with Gasteiger partial charge in [0.25, 0.3) is 0 Å². The quantitative estimate of drug-likeness (QED) is 0.161. The largest absolute Gasteiger partial charge is 0.373 e. The molecule has 1 fully saturated rings. The summed E-state index contributed by atoms with van der Waals surface area (Å²) in [6.45, 7) is 3.90. The van der Waals surface area contributed by atoms with Crippen LogP contribution in [0.15, 0.2) is 0 Å². The van der Waals surface area contributed by atoms with Crippen molar-refractivity contribution in [1.82, 2.24) is 0 Å². The Bertz CT molecular complexity index is 240. The van der Waals surface area contributed by atoms with Gasteiger partial charge in [-0.1, -0.05) is 113 Å². The minimum Gasteiger partial charge on any atom is -0.373 e. The normalized spacial score (nSPS) is 21.7. The van der Waals surface area contributed by atoms with Crippen molar-refractivity contribution < 1.29 is 9.47 Å². The van der Waals surface area contributed by atoms with Crippen LogP contribution < -0.4 is 0 Å². The van der Waals surface area contributed by atoms with E-state index in [0.717, 1.165) is 17.6 Å². The molecule has 0 unspecified atom stereocenters. The summed E-state index contributed by atoms with van der Waals surface area (Å²) in [5, 5.41) is 0. The van der Waals surface area contributed by atoms with E-state index in [1.807, 2.05) is 0 Å². The van der Waals surface area contributed by atoms with Gasteiger partial charge in [-0.2, -0.15) is 0 Å². The smallest absolute Gasteiger partial charge is 0.0899 e. The summed E-state index contributed by atoms with van der Waals surface area (Å²) in [5.41, 5.74) is 0. The molecule has 0 N–H and O–H groups in total. The van der Waals surface area contributed by atoms with Crippen LogP contribution in [0.3, 0.4) is 0 Å². The van der Waals surface area contributed by atoms with E-state index in [4.69, 9.17) is 9.47 Å². The molecule has 0 aromatic carbocycles. The lowest BCUT2D eigenvalue weighted by molar-refractivity contribution is -0.126. The van der Waals surface area contributed by atoms with Gasteiger partial charge in [0.15, 0.2) is 0 Å². The maximum atomic E-state index is 5.86. The average molecular weight is 438 g/mol. The highest BCUT2D eigenvalue weighted by molar-refractivity contribution is 14.1. The predicted octanol–water partition coefficient (Wildman–Crippen LogP) is 6.69. The standard InChI is InChI=1S/C20H39IO2/c1-2-3-4-5-6-7-8-9-10-11-12-13-14-15-19-17-23-20(16-21)18-22-19/h19-20H,2-18H2,1H3/t19-,20+/m1/s1. The predicted molar refractivity (Wildman–Crippen MR) is 109 cm³/mol. The molecule has 2 atom stereocenters. The fourth-order valence-corrected chi connectivity index (χ4v) is 3.74. The highest BCUT2D eigenvalue weighted by atomic mass is 127. The van der Waals surface area contributed by atoms with Crippen molar-refractivity contribution in [2.24, 2.45) is 0 Å². The zero-order valence-corrected chi connectivity index (χ0v) is 17.5. The first-order valence-electron chi connectivity index (χ1n) is 10.2. The molecule has 0 aliphatic carbocycles. The van der Waals surface area contributed by atoms with E-state index in [2.05, 4.69) is 29.5 Å². The van der Waals surface area contributed by atoms with Crippen molar-refractivity contribution in [3.63, 3.8) is 0 Å². The Morgan fingerprint density at radius 1 is 0.652 bits per heavy atom. The van der Waals surface area contributed by atoms with Crippen molar-refractivity contribution in [2.75, 3.05) is 17.6 Å². The number of hydrogen-bond acceptors (Lipinski definition) is 2. The third-order valence-electron chi connectivity index (χ3n) is 4.84. The van der Waals surface area contributed by atoms with Crippen molar-refractivity contribution in [3.05, 3.63) is 0 Å². The first-order valence-corrected chi connectivity index (χ1v) is 11.7. The second-order valence-electron chi connectivity index (χ2n) is 7.10. The molecule has 0 aromatic rings. The molecule has 0 radical (unpaired) electrons. The zero-order valence-electron chi connectivity index (χ0n) is 15.4. The van der Waals surface area contributed by atoms with Gasteiger partial charge in [-0.3, -0.25) is 0 Å². The van der Waals surface area contributed by atoms with Gasteiger partial charge in [0, 0.05) is 4.43 Å². The van der Waals surface area contributed by atoms with Crippen molar-refractivity contribution in [2.45, 2.75) is 109 Å². The average Bonchev–Trinajstić information content (AvgIpc) is 2.59. The molecule has 0 aromatic heterocycles. The Hall–Kier alpha value is 0.650. The van der Waals surface area contributed by atoms with E-state index in [0.29, 0.717) is 12.2 Å². The minimum absolute atomic E-state index is 0.332. The van der Waals surface area contributed by atoms with Crippen molar-refractivity contribution in [1.29, 1.82) is 0 Å². The molecule has 1 heterocycles. The maximum Gasteiger partial charge on any atom is 0.0899 e. The molecule has 0 amide bonds. The molecule has 138 valence electrons. The second kappa shape index (κ2) is 16.1. The molecule has 0 bridgehead atoms. The van der Waals surface area contributed by atoms with Crippen LogP contribution in [0.5, 0.6) is 0 Å².